The van der Waals surface area contributed by atoms with Gasteiger partial charge in [0.05, 0.1) is 6.61 Å². The third kappa shape index (κ3) is 5.30. The molecule has 1 aromatic carbocycles. The van der Waals surface area contributed by atoms with Crippen LogP contribution in [0.2, 0.25) is 0 Å². The fourth-order valence-corrected chi connectivity index (χ4v) is 4.45. The molecule has 1 atom stereocenters. The molecular weight excluding hydrogens is 404 g/mol. The van der Waals surface area contributed by atoms with Gasteiger partial charge in [0, 0.05) is 42.1 Å². The molecule has 3 heterocycles. The molecule has 0 radical (unpaired) electrons. The van der Waals surface area contributed by atoms with Crippen molar-refractivity contribution in [3.63, 3.8) is 0 Å². The number of ether oxygens (including phenoxy) is 2. The third-order valence-electron chi connectivity index (χ3n) is 6.22. The number of rotatable bonds is 9. The molecule has 4 rings (SSSR count). The minimum absolute atomic E-state index is 0.373. The van der Waals surface area contributed by atoms with Gasteiger partial charge in [0.1, 0.15) is 18.2 Å². The van der Waals surface area contributed by atoms with Gasteiger partial charge in [0.25, 0.3) is 0 Å². The molecule has 1 aromatic heterocycles. The summed E-state index contributed by atoms with van der Waals surface area (Å²) in [4.78, 5) is 18.9. The Labute approximate surface area is 189 Å². The third-order valence-corrected chi connectivity index (χ3v) is 6.22. The second-order valence-electron chi connectivity index (χ2n) is 8.48. The predicted molar refractivity (Wildman–Crippen MR) is 126 cm³/mol. The number of pyridine rings is 1. The molecule has 1 N–H and O–H groups in total. The van der Waals surface area contributed by atoms with E-state index in [1.807, 2.05) is 30.5 Å². The highest BCUT2D eigenvalue weighted by Crippen LogP contribution is 2.36. The molecule has 6 nitrogen and oxygen atoms in total. The van der Waals surface area contributed by atoms with Crippen LogP contribution in [-0.4, -0.2) is 48.5 Å². The predicted octanol–water partition coefficient (Wildman–Crippen LogP) is 5.17. The van der Waals surface area contributed by atoms with Gasteiger partial charge in [-0.2, -0.15) is 0 Å². The van der Waals surface area contributed by atoms with Crippen LogP contribution in [0.15, 0.2) is 42.1 Å². The van der Waals surface area contributed by atoms with Crippen LogP contribution in [0.5, 0.6) is 5.75 Å². The minimum atomic E-state index is -0.840. The molecule has 0 aliphatic carbocycles. The molecule has 170 valence electrons. The lowest BCUT2D eigenvalue weighted by atomic mass is 9.97. The second kappa shape index (κ2) is 10.6. The van der Waals surface area contributed by atoms with Crippen LogP contribution < -0.4 is 9.64 Å². The van der Waals surface area contributed by atoms with E-state index in [9.17, 15) is 9.90 Å². The van der Waals surface area contributed by atoms with Crippen molar-refractivity contribution < 1.29 is 19.4 Å². The Bertz CT molecular complexity index is 955. The number of hydrogen-bond acceptors (Lipinski definition) is 5. The monoisotopic (exact) mass is 436 g/mol. The molecule has 6 heteroatoms. The number of carboxylic acids is 1. The first-order valence-electron chi connectivity index (χ1n) is 11.7. The van der Waals surface area contributed by atoms with Crippen LogP contribution in [0.3, 0.4) is 0 Å². The number of nitrogens with zero attached hydrogens (tertiary/aromatic N) is 2. The number of aliphatic carboxylic acids is 1. The highest BCUT2D eigenvalue weighted by molar-refractivity contribution is 5.93. The number of benzene rings is 1. The van der Waals surface area contributed by atoms with Crippen LogP contribution in [0.25, 0.3) is 17.2 Å². The molecule has 0 unspecified atom stereocenters. The number of aromatic nitrogens is 1. The summed E-state index contributed by atoms with van der Waals surface area (Å²) in [5, 5.41) is 9.64. The Morgan fingerprint density at radius 3 is 2.78 bits per heavy atom. The zero-order valence-electron chi connectivity index (χ0n) is 18.8. The zero-order chi connectivity index (χ0) is 22.3. The van der Waals surface area contributed by atoms with E-state index in [-0.39, 0.29) is 0 Å². The van der Waals surface area contributed by atoms with Crippen molar-refractivity contribution in [1.29, 1.82) is 0 Å². The largest absolute Gasteiger partial charge is 0.491 e. The Kier molecular flexibility index (Phi) is 7.43. The van der Waals surface area contributed by atoms with Crippen molar-refractivity contribution >= 4 is 17.9 Å². The van der Waals surface area contributed by atoms with Crippen molar-refractivity contribution in [3.05, 3.63) is 47.7 Å². The van der Waals surface area contributed by atoms with Crippen LogP contribution >= 0.6 is 0 Å². The van der Waals surface area contributed by atoms with Crippen LogP contribution in [0.4, 0.5) is 5.82 Å². The zero-order valence-corrected chi connectivity index (χ0v) is 18.8. The van der Waals surface area contributed by atoms with Gasteiger partial charge in [0.2, 0.25) is 0 Å². The van der Waals surface area contributed by atoms with Crippen molar-refractivity contribution in [2.45, 2.75) is 51.5 Å². The molecule has 0 saturated carbocycles. The minimum Gasteiger partial charge on any atom is -0.491 e. The molecular formula is C26H32N2O4. The van der Waals surface area contributed by atoms with Gasteiger partial charge in [-0.15, -0.1) is 0 Å². The summed E-state index contributed by atoms with van der Waals surface area (Å²) in [5.41, 5.74) is 3.34. The van der Waals surface area contributed by atoms with Crippen LogP contribution in [0.1, 0.15) is 51.0 Å². The maximum atomic E-state index is 11.7. The fourth-order valence-electron chi connectivity index (χ4n) is 4.45. The second-order valence-corrected chi connectivity index (χ2v) is 8.48. The van der Waals surface area contributed by atoms with E-state index in [2.05, 4.69) is 17.9 Å². The fraction of sp³-hybridized carbons (Fsp3) is 0.462. The van der Waals surface area contributed by atoms with E-state index in [0.717, 1.165) is 73.5 Å². The smallest absolute Gasteiger partial charge is 0.331 e. The van der Waals surface area contributed by atoms with Crippen LogP contribution in [0, 0.1) is 0 Å². The Morgan fingerprint density at radius 1 is 1.16 bits per heavy atom. The number of fused-ring (bicyclic) bond motifs is 3. The van der Waals surface area contributed by atoms with Gasteiger partial charge in [-0.1, -0.05) is 25.5 Å². The average Bonchev–Trinajstić information content (AvgIpc) is 3.25. The number of anilines is 1. The van der Waals surface area contributed by atoms with E-state index < -0.39 is 5.97 Å². The molecule has 2 aromatic rings. The number of carboxylic acid groups (broad SMARTS) is 1. The molecule has 2 aliphatic heterocycles. The Morgan fingerprint density at radius 2 is 2.00 bits per heavy atom. The van der Waals surface area contributed by atoms with Gasteiger partial charge < -0.3 is 19.5 Å². The van der Waals surface area contributed by atoms with E-state index in [1.54, 1.807) is 6.08 Å². The van der Waals surface area contributed by atoms with Gasteiger partial charge in [-0.25, -0.2) is 9.78 Å². The molecule has 0 bridgehead atoms. The first kappa shape index (κ1) is 22.3. The normalized spacial score (nSPS) is 19.3. The van der Waals surface area contributed by atoms with Crippen LogP contribution in [-0.2, 0) is 9.53 Å². The van der Waals surface area contributed by atoms with Crippen molar-refractivity contribution in [2.24, 2.45) is 0 Å². The lowest BCUT2D eigenvalue weighted by molar-refractivity contribution is -0.132. The summed E-state index contributed by atoms with van der Waals surface area (Å²) in [5.74, 6) is 0.866. The summed E-state index contributed by atoms with van der Waals surface area (Å²) in [6, 6.07) is 10.4. The standard InChI is InChI=1S/C26H32N2O4/c1-2-3-13-31-14-15-32-24-10-7-19(8-11-24)22-17-21-16-20(26(29)30)6-9-23-5-4-12-28(23)25(21)27-18-22/h7-8,10-11,16-18,23H,2-6,9,12-15H2,1H3,(H,29,30)/b20-16+/t23-/m0/s1. The molecule has 0 spiro atoms. The maximum absolute atomic E-state index is 11.7. The number of hydrogen-bond donors (Lipinski definition) is 1. The van der Waals surface area contributed by atoms with Crippen molar-refractivity contribution in [2.75, 3.05) is 31.3 Å². The Hall–Kier alpha value is -2.86. The summed E-state index contributed by atoms with van der Waals surface area (Å²) >= 11 is 0. The lowest BCUT2D eigenvalue weighted by Crippen LogP contribution is -2.31. The summed E-state index contributed by atoms with van der Waals surface area (Å²) in [6.45, 7) is 5.02. The van der Waals surface area contributed by atoms with Gasteiger partial charge in [-0.3, -0.25) is 0 Å². The SMILES string of the molecule is CCCCOCCOc1ccc(-c2cnc3c(c2)/C=C(/C(=O)O)CC[C@@H]2CCCN32)cc1. The Balaban J connectivity index is 1.50. The van der Waals surface area contributed by atoms with E-state index in [1.165, 1.54) is 0 Å². The first-order chi connectivity index (χ1) is 15.7. The first-order valence-corrected chi connectivity index (χ1v) is 11.7. The topological polar surface area (TPSA) is 71.9 Å². The quantitative estimate of drug-likeness (QED) is 0.547. The highest BCUT2D eigenvalue weighted by Gasteiger charge is 2.29. The van der Waals surface area contributed by atoms with Crippen molar-refractivity contribution in [3.8, 4) is 16.9 Å². The molecule has 1 fully saturated rings. The number of carbonyl (C=O) groups is 1. The van der Waals surface area contributed by atoms with Crippen molar-refractivity contribution in [1.82, 2.24) is 4.98 Å². The van der Waals surface area contributed by atoms with E-state index >= 15 is 0 Å². The summed E-state index contributed by atoms with van der Waals surface area (Å²) in [7, 11) is 0. The molecule has 0 amide bonds. The van der Waals surface area contributed by atoms with Gasteiger partial charge in [0.15, 0.2) is 0 Å². The highest BCUT2D eigenvalue weighted by atomic mass is 16.5. The summed E-state index contributed by atoms with van der Waals surface area (Å²) < 4.78 is 11.3. The summed E-state index contributed by atoms with van der Waals surface area (Å²) in [6.07, 6.45) is 9.58. The van der Waals surface area contributed by atoms with Gasteiger partial charge >= 0.3 is 5.97 Å². The van der Waals surface area contributed by atoms with E-state index in [4.69, 9.17) is 14.5 Å². The van der Waals surface area contributed by atoms with E-state index in [0.29, 0.717) is 31.2 Å². The molecule has 1 saturated heterocycles. The number of unbranched alkanes of at least 4 members (excludes halogenated alkanes) is 1. The van der Waals surface area contributed by atoms with Gasteiger partial charge in [-0.05, 0) is 61.9 Å². The molecule has 32 heavy (non-hydrogen) atoms. The lowest BCUT2D eigenvalue weighted by Gasteiger charge is -2.29. The average molecular weight is 437 g/mol. The molecule has 2 aliphatic rings. The maximum Gasteiger partial charge on any atom is 0.331 e.